The molecule has 0 unspecified atom stereocenters. The second-order valence-corrected chi connectivity index (χ2v) is 3.73. The first-order valence-corrected chi connectivity index (χ1v) is 5.26. The lowest BCUT2D eigenvalue weighted by Crippen LogP contribution is -2.16. The molecule has 0 spiro atoms. The van der Waals surface area contributed by atoms with Crippen LogP contribution in [0.3, 0.4) is 0 Å². The van der Waals surface area contributed by atoms with Crippen molar-refractivity contribution in [1.29, 1.82) is 0 Å². The van der Waals surface area contributed by atoms with E-state index in [1.54, 1.807) is 11.6 Å². The molecule has 0 saturated carbocycles. The third kappa shape index (κ3) is 3.02. The lowest BCUT2D eigenvalue weighted by atomic mass is 10.2. The zero-order valence-corrected chi connectivity index (χ0v) is 9.85. The SMILES string of the molecule is Cn1c(CO)nnc1-c1ccc(OC(F)(F)F)cc1. The summed E-state index contributed by atoms with van der Waals surface area (Å²) < 4.78 is 41.3. The van der Waals surface area contributed by atoms with Crippen molar-refractivity contribution in [2.75, 3.05) is 0 Å². The number of ether oxygens (including phenoxy) is 1. The monoisotopic (exact) mass is 273 g/mol. The van der Waals surface area contributed by atoms with Gasteiger partial charge < -0.3 is 14.4 Å². The fraction of sp³-hybridized carbons (Fsp3) is 0.273. The molecule has 0 saturated heterocycles. The number of hydrogen-bond donors (Lipinski definition) is 1. The van der Waals surface area contributed by atoms with E-state index in [1.807, 2.05) is 0 Å². The number of nitrogens with zero attached hydrogens (tertiary/aromatic N) is 3. The number of benzene rings is 1. The van der Waals surface area contributed by atoms with Crippen LogP contribution in [0.5, 0.6) is 5.75 Å². The maximum atomic E-state index is 12.0. The van der Waals surface area contributed by atoms with Gasteiger partial charge in [0.2, 0.25) is 0 Å². The summed E-state index contributed by atoms with van der Waals surface area (Å²) in [6.45, 7) is -0.265. The molecular weight excluding hydrogens is 263 g/mol. The van der Waals surface area contributed by atoms with E-state index in [4.69, 9.17) is 5.11 Å². The predicted molar refractivity (Wildman–Crippen MR) is 59.0 cm³/mol. The lowest BCUT2D eigenvalue weighted by Gasteiger charge is -2.09. The third-order valence-corrected chi connectivity index (χ3v) is 2.45. The van der Waals surface area contributed by atoms with Crippen LogP contribution in [0.15, 0.2) is 24.3 Å². The first-order valence-electron chi connectivity index (χ1n) is 5.26. The molecule has 1 N–H and O–H groups in total. The summed E-state index contributed by atoms with van der Waals surface area (Å²) in [5.41, 5.74) is 0.573. The van der Waals surface area contributed by atoms with Gasteiger partial charge in [0.1, 0.15) is 12.4 Å². The number of aliphatic hydroxyl groups is 1. The number of halogens is 3. The molecule has 0 bridgehead atoms. The van der Waals surface area contributed by atoms with E-state index in [0.717, 1.165) is 0 Å². The summed E-state index contributed by atoms with van der Waals surface area (Å²) in [5, 5.41) is 16.6. The average molecular weight is 273 g/mol. The molecule has 8 heteroatoms. The third-order valence-electron chi connectivity index (χ3n) is 2.45. The molecule has 0 radical (unpaired) electrons. The van der Waals surface area contributed by atoms with Crippen LogP contribution in [0.2, 0.25) is 0 Å². The second kappa shape index (κ2) is 4.88. The van der Waals surface area contributed by atoms with E-state index in [9.17, 15) is 13.2 Å². The summed E-state index contributed by atoms with van der Waals surface area (Å²) in [4.78, 5) is 0. The van der Waals surface area contributed by atoms with E-state index in [-0.39, 0.29) is 12.4 Å². The van der Waals surface area contributed by atoms with Crippen molar-refractivity contribution < 1.29 is 23.0 Å². The molecule has 0 fully saturated rings. The lowest BCUT2D eigenvalue weighted by molar-refractivity contribution is -0.274. The smallest absolute Gasteiger partial charge is 0.406 e. The van der Waals surface area contributed by atoms with Crippen molar-refractivity contribution >= 4 is 0 Å². The summed E-state index contributed by atoms with van der Waals surface area (Å²) in [5.74, 6) is 0.508. The highest BCUT2D eigenvalue weighted by atomic mass is 19.4. The molecule has 0 amide bonds. The van der Waals surface area contributed by atoms with Crippen LogP contribution in [-0.4, -0.2) is 26.2 Å². The van der Waals surface area contributed by atoms with Crippen LogP contribution in [0.4, 0.5) is 13.2 Å². The number of alkyl halides is 3. The molecule has 0 atom stereocenters. The van der Waals surface area contributed by atoms with Gasteiger partial charge >= 0.3 is 6.36 Å². The Morgan fingerprint density at radius 1 is 1.21 bits per heavy atom. The van der Waals surface area contributed by atoms with E-state index >= 15 is 0 Å². The molecule has 0 aliphatic heterocycles. The summed E-state index contributed by atoms with van der Waals surface area (Å²) in [7, 11) is 1.65. The number of aromatic nitrogens is 3. The first kappa shape index (κ1) is 13.3. The van der Waals surface area contributed by atoms with Crippen LogP contribution in [-0.2, 0) is 13.7 Å². The van der Waals surface area contributed by atoms with Crippen LogP contribution in [0.25, 0.3) is 11.4 Å². The van der Waals surface area contributed by atoms with Gasteiger partial charge in [-0.1, -0.05) is 0 Å². The van der Waals surface area contributed by atoms with Crippen LogP contribution in [0.1, 0.15) is 5.82 Å². The summed E-state index contributed by atoms with van der Waals surface area (Å²) in [6.07, 6.45) is -4.71. The van der Waals surface area contributed by atoms with Gasteiger partial charge in [0, 0.05) is 12.6 Å². The molecule has 0 aliphatic rings. The molecule has 0 aliphatic carbocycles. The normalized spacial score (nSPS) is 11.6. The highest BCUT2D eigenvalue weighted by molar-refractivity contribution is 5.56. The molecule has 2 aromatic rings. The Morgan fingerprint density at radius 2 is 1.84 bits per heavy atom. The Kier molecular flexibility index (Phi) is 3.43. The molecule has 1 heterocycles. The van der Waals surface area contributed by atoms with Crippen molar-refractivity contribution in [3.05, 3.63) is 30.1 Å². The van der Waals surface area contributed by atoms with Gasteiger partial charge in [0.05, 0.1) is 0 Å². The molecule has 102 valence electrons. The van der Waals surface area contributed by atoms with Crippen molar-refractivity contribution in [2.45, 2.75) is 13.0 Å². The van der Waals surface area contributed by atoms with Gasteiger partial charge in [-0.25, -0.2) is 0 Å². The van der Waals surface area contributed by atoms with E-state index < -0.39 is 6.36 Å². The number of aliphatic hydroxyl groups excluding tert-OH is 1. The molecule has 19 heavy (non-hydrogen) atoms. The molecule has 1 aromatic heterocycles. The fourth-order valence-electron chi connectivity index (χ4n) is 1.56. The van der Waals surface area contributed by atoms with Crippen LogP contribution >= 0.6 is 0 Å². The fourth-order valence-corrected chi connectivity index (χ4v) is 1.56. The number of rotatable bonds is 3. The van der Waals surface area contributed by atoms with Crippen LogP contribution < -0.4 is 4.74 Å². The van der Waals surface area contributed by atoms with Gasteiger partial charge in [0.25, 0.3) is 0 Å². The maximum absolute atomic E-state index is 12.0. The molecule has 5 nitrogen and oxygen atoms in total. The Bertz CT molecular complexity index is 564. The minimum Gasteiger partial charge on any atom is -0.406 e. The second-order valence-electron chi connectivity index (χ2n) is 3.73. The minimum atomic E-state index is -4.71. The van der Waals surface area contributed by atoms with E-state index in [0.29, 0.717) is 17.2 Å². The van der Waals surface area contributed by atoms with Gasteiger partial charge in [0.15, 0.2) is 11.6 Å². The molecule has 1 aromatic carbocycles. The minimum absolute atomic E-state index is 0.265. The Balaban J connectivity index is 2.25. The Hall–Kier alpha value is -2.09. The van der Waals surface area contributed by atoms with Crippen LogP contribution in [0, 0.1) is 0 Å². The summed E-state index contributed by atoms with van der Waals surface area (Å²) >= 11 is 0. The van der Waals surface area contributed by atoms with Gasteiger partial charge in [-0.15, -0.1) is 23.4 Å². The Labute approximate surface area is 106 Å². The van der Waals surface area contributed by atoms with Crippen molar-refractivity contribution in [3.8, 4) is 17.1 Å². The maximum Gasteiger partial charge on any atom is 0.573 e. The molecular formula is C11H10F3N3O2. The van der Waals surface area contributed by atoms with Crippen molar-refractivity contribution in [2.24, 2.45) is 7.05 Å². The average Bonchev–Trinajstić information content (AvgIpc) is 2.69. The topological polar surface area (TPSA) is 60.2 Å². The summed E-state index contributed by atoms with van der Waals surface area (Å²) in [6, 6.07) is 5.25. The Morgan fingerprint density at radius 3 is 2.32 bits per heavy atom. The van der Waals surface area contributed by atoms with Crippen molar-refractivity contribution in [1.82, 2.24) is 14.8 Å². The standard InChI is InChI=1S/C11H10F3N3O2/c1-17-9(6-18)15-16-10(17)7-2-4-8(5-3-7)19-11(12,13)14/h2-5,18H,6H2,1H3. The van der Waals surface area contributed by atoms with Gasteiger partial charge in [-0.2, -0.15) is 0 Å². The zero-order chi connectivity index (χ0) is 14.0. The largest absolute Gasteiger partial charge is 0.573 e. The van der Waals surface area contributed by atoms with Gasteiger partial charge in [-0.3, -0.25) is 0 Å². The highest BCUT2D eigenvalue weighted by Gasteiger charge is 2.31. The molecule has 2 rings (SSSR count). The van der Waals surface area contributed by atoms with Crippen molar-refractivity contribution in [3.63, 3.8) is 0 Å². The van der Waals surface area contributed by atoms with E-state index in [2.05, 4.69) is 14.9 Å². The predicted octanol–water partition coefficient (Wildman–Crippen LogP) is 1.87. The highest BCUT2D eigenvalue weighted by Crippen LogP contribution is 2.25. The zero-order valence-electron chi connectivity index (χ0n) is 9.85. The quantitative estimate of drug-likeness (QED) is 0.927. The van der Waals surface area contributed by atoms with Gasteiger partial charge in [-0.05, 0) is 24.3 Å². The number of hydrogen-bond acceptors (Lipinski definition) is 4. The van der Waals surface area contributed by atoms with E-state index in [1.165, 1.54) is 24.3 Å². The first-order chi connectivity index (χ1) is 8.90.